The number of rotatable bonds is 6. The van der Waals surface area contributed by atoms with E-state index in [4.69, 9.17) is 0 Å². The summed E-state index contributed by atoms with van der Waals surface area (Å²) in [4.78, 5) is 4.89. The lowest BCUT2D eigenvalue weighted by Gasteiger charge is -2.30. The molecule has 0 fully saturated rings. The number of aryl methyl sites for hydroxylation is 4. The zero-order chi connectivity index (χ0) is 36.4. The SMILES string of the molecule is Cc1ccc(N(c2ccc(C)cc2)c2cc3c(c4ccccc24)-c2c(cc(N(c4ccc(C)cc4)c4ccc(C)cc4)c4ccccc24)C3(C)C)cc1. The molecule has 0 bridgehead atoms. The number of fused-ring (bicyclic) bond motifs is 7. The van der Waals surface area contributed by atoms with E-state index in [9.17, 15) is 0 Å². The Labute approximate surface area is 313 Å². The molecule has 0 unspecified atom stereocenters. The monoisotopic (exact) mass is 684 g/mol. The van der Waals surface area contributed by atoms with Gasteiger partial charge in [-0.15, -0.1) is 0 Å². The molecule has 2 heteroatoms. The fourth-order valence-electron chi connectivity index (χ4n) is 8.38. The van der Waals surface area contributed by atoms with Crippen molar-refractivity contribution in [2.75, 3.05) is 9.80 Å². The molecule has 8 aromatic carbocycles. The van der Waals surface area contributed by atoms with Gasteiger partial charge in [-0.1, -0.05) is 133 Å². The van der Waals surface area contributed by atoms with E-state index >= 15 is 0 Å². The van der Waals surface area contributed by atoms with Gasteiger partial charge in [-0.05, 0) is 121 Å². The molecule has 0 radical (unpaired) electrons. The lowest BCUT2D eigenvalue weighted by atomic mass is 9.81. The van der Waals surface area contributed by atoms with Gasteiger partial charge >= 0.3 is 0 Å². The Hall–Kier alpha value is -6.12. The first-order valence-corrected chi connectivity index (χ1v) is 18.7. The number of nitrogens with zero attached hydrogens (tertiary/aromatic N) is 2. The minimum absolute atomic E-state index is 0.277. The lowest BCUT2D eigenvalue weighted by molar-refractivity contribution is 0.661. The normalized spacial score (nSPS) is 12.9. The van der Waals surface area contributed by atoms with E-state index in [2.05, 4.69) is 209 Å². The third-order valence-electron chi connectivity index (χ3n) is 11.3. The van der Waals surface area contributed by atoms with E-state index in [-0.39, 0.29) is 5.41 Å². The second-order valence-electron chi connectivity index (χ2n) is 15.4. The third kappa shape index (κ3) is 5.40. The molecule has 0 atom stereocenters. The van der Waals surface area contributed by atoms with Crippen LogP contribution in [-0.4, -0.2) is 0 Å². The van der Waals surface area contributed by atoms with Crippen molar-refractivity contribution in [1.29, 1.82) is 0 Å². The van der Waals surface area contributed by atoms with Crippen LogP contribution in [0.2, 0.25) is 0 Å². The highest BCUT2D eigenvalue weighted by Gasteiger charge is 2.40. The summed E-state index contributed by atoms with van der Waals surface area (Å²) in [6.07, 6.45) is 0. The van der Waals surface area contributed by atoms with Crippen LogP contribution in [0, 0.1) is 27.7 Å². The topological polar surface area (TPSA) is 6.48 Å². The van der Waals surface area contributed by atoms with Gasteiger partial charge in [-0.25, -0.2) is 0 Å². The molecule has 0 heterocycles. The Morgan fingerprint density at radius 3 is 0.887 bits per heavy atom. The van der Waals surface area contributed by atoms with Gasteiger partial charge in [-0.3, -0.25) is 0 Å². The molecule has 8 aromatic rings. The van der Waals surface area contributed by atoms with Crippen molar-refractivity contribution in [3.63, 3.8) is 0 Å². The first kappa shape index (κ1) is 32.8. The highest BCUT2D eigenvalue weighted by Crippen LogP contribution is 2.58. The van der Waals surface area contributed by atoms with Gasteiger partial charge in [0.1, 0.15) is 0 Å². The fourth-order valence-corrected chi connectivity index (χ4v) is 8.38. The largest absolute Gasteiger partial charge is 0.310 e. The molecule has 9 rings (SSSR count). The smallest absolute Gasteiger partial charge is 0.0543 e. The number of hydrogen-bond donors (Lipinski definition) is 0. The standard InChI is InChI=1S/C51H44N2/c1-33-15-23-37(24-16-33)52(38-25-17-34(2)18-26-38)47-31-45-49(43-13-9-7-11-41(43)47)50-44-14-10-8-12-42(44)48(32-46(50)51(45,5)6)53(39-27-19-35(3)20-28-39)40-29-21-36(4)22-30-40/h7-32H,1-6H3. The molecule has 0 aromatic heterocycles. The van der Waals surface area contributed by atoms with Crippen LogP contribution < -0.4 is 9.80 Å². The van der Waals surface area contributed by atoms with E-state index < -0.39 is 0 Å². The maximum atomic E-state index is 2.49. The number of hydrogen-bond acceptors (Lipinski definition) is 2. The molecule has 1 aliphatic carbocycles. The van der Waals surface area contributed by atoms with Crippen molar-refractivity contribution in [3.8, 4) is 11.1 Å². The number of benzene rings is 8. The van der Waals surface area contributed by atoms with Crippen LogP contribution in [0.4, 0.5) is 34.1 Å². The van der Waals surface area contributed by atoms with Crippen LogP contribution in [0.5, 0.6) is 0 Å². The predicted molar refractivity (Wildman–Crippen MR) is 227 cm³/mol. The molecule has 53 heavy (non-hydrogen) atoms. The third-order valence-corrected chi connectivity index (χ3v) is 11.3. The fraction of sp³-hybridized carbons (Fsp3) is 0.137. The summed E-state index contributed by atoms with van der Waals surface area (Å²) in [5, 5.41) is 5.04. The molecule has 2 nitrogen and oxygen atoms in total. The van der Waals surface area contributed by atoms with E-state index in [1.807, 2.05) is 0 Å². The van der Waals surface area contributed by atoms with Crippen LogP contribution in [0.3, 0.4) is 0 Å². The van der Waals surface area contributed by atoms with Gasteiger partial charge in [0.15, 0.2) is 0 Å². The average Bonchev–Trinajstić information content (AvgIpc) is 3.40. The van der Waals surface area contributed by atoms with Crippen LogP contribution in [0.1, 0.15) is 47.2 Å². The molecular weight excluding hydrogens is 641 g/mol. The number of anilines is 6. The van der Waals surface area contributed by atoms with Crippen LogP contribution in [0.15, 0.2) is 158 Å². The highest BCUT2D eigenvalue weighted by atomic mass is 15.1. The minimum Gasteiger partial charge on any atom is -0.310 e. The Bertz CT molecular complexity index is 2370. The summed E-state index contributed by atoms with van der Waals surface area (Å²) in [7, 11) is 0. The minimum atomic E-state index is -0.277. The van der Waals surface area contributed by atoms with Crippen LogP contribution in [-0.2, 0) is 5.41 Å². The zero-order valence-electron chi connectivity index (χ0n) is 31.4. The van der Waals surface area contributed by atoms with Crippen molar-refractivity contribution in [3.05, 3.63) is 191 Å². The molecule has 0 saturated heterocycles. The van der Waals surface area contributed by atoms with Crippen LogP contribution in [0.25, 0.3) is 32.7 Å². The quantitative estimate of drug-likeness (QED) is 0.172. The summed E-state index contributed by atoms with van der Waals surface area (Å²) < 4.78 is 0. The van der Waals surface area contributed by atoms with E-state index in [0.717, 1.165) is 22.7 Å². The van der Waals surface area contributed by atoms with Crippen molar-refractivity contribution in [2.24, 2.45) is 0 Å². The maximum absolute atomic E-state index is 2.49. The second kappa shape index (κ2) is 12.5. The zero-order valence-corrected chi connectivity index (χ0v) is 31.4. The lowest BCUT2D eigenvalue weighted by Crippen LogP contribution is -2.18. The molecule has 258 valence electrons. The summed E-state index contributed by atoms with van der Waals surface area (Å²) in [6, 6.07) is 58.8. The first-order valence-electron chi connectivity index (χ1n) is 18.7. The van der Waals surface area contributed by atoms with Crippen molar-refractivity contribution < 1.29 is 0 Å². The molecule has 1 aliphatic rings. The Balaban J connectivity index is 1.34. The highest BCUT2D eigenvalue weighted by molar-refractivity contribution is 6.17. The molecule has 0 aliphatic heterocycles. The van der Waals surface area contributed by atoms with E-state index in [0.29, 0.717) is 0 Å². The summed E-state index contributed by atoms with van der Waals surface area (Å²) in [5.74, 6) is 0. The van der Waals surface area contributed by atoms with Gasteiger partial charge < -0.3 is 9.80 Å². The predicted octanol–water partition coefficient (Wildman–Crippen LogP) is 14.5. The van der Waals surface area contributed by atoms with Crippen molar-refractivity contribution >= 4 is 55.7 Å². The van der Waals surface area contributed by atoms with E-state index in [1.54, 1.807) is 0 Å². The Morgan fingerprint density at radius 2 is 0.604 bits per heavy atom. The van der Waals surface area contributed by atoms with Gasteiger partial charge in [0.2, 0.25) is 0 Å². The van der Waals surface area contributed by atoms with E-state index in [1.165, 1.54) is 77.4 Å². The summed E-state index contributed by atoms with van der Waals surface area (Å²) >= 11 is 0. The second-order valence-corrected chi connectivity index (χ2v) is 15.4. The first-order chi connectivity index (χ1) is 25.7. The van der Waals surface area contributed by atoms with Gasteiger partial charge in [0.05, 0.1) is 11.4 Å². The molecule has 0 saturated carbocycles. The Morgan fingerprint density at radius 1 is 0.340 bits per heavy atom. The summed E-state index contributed by atoms with van der Waals surface area (Å²) in [6.45, 7) is 13.4. The van der Waals surface area contributed by atoms with Gasteiger partial charge in [0, 0.05) is 38.9 Å². The van der Waals surface area contributed by atoms with Gasteiger partial charge in [-0.2, -0.15) is 0 Å². The molecule has 0 N–H and O–H groups in total. The maximum Gasteiger partial charge on any atom is 0.0543 e. The average molecular weight is 685 g/mol. The van der Waals surface area contributed by atoms with Crippen LogP contribution >= 0.6 is 0 Å². The summed E-state index contributed by atoms with van der Waals surface area (Å²) in [5.41, 5.74) is 17.1. The molecular formula is C51H44N2. The molecule has 0 spiro atoms. The molecule has 0 amide bonds. The Kier molecular flexibility index (Phi) is 7.75. The van der Waals surface area contributed by atoms with Crippen molar-refractivity contribution in [2.45, 2.75) is 47.0 Å². The van der Waals surface area contributed by atoms with Gasteiger partial charge in [0.25, 0.3) is 0 Å². The van der Waals surface area contributed by atoms with Crippen molar-refractivity contribution in [1.82, 2.24) is 0 Å².